The molecule has 0 aliphatic rings. The van der Waals surface area contributed by atoms with E-state index in [1.807, 2.05) is 37.3 Å². The van der Waals surface area contributed by atoms with Crippen LogP contribution in [0.4, 0.5) is 0 Å². The highest BCUT2D eigenvalue weighted by atomic mass is 35.5. The molecular formula is C20H23ClN4O2. The number of amidine groups is 1. The van der Waals surface area contributed by atoms with E-state index in [9.17, 15) is 5.11 Å². The summed E-state index contributed by atoms with van der Waals surface area (Å²) < 4.78 is 0. The van der Waals surface area contributed by atoms with E-state index in [-0.39, 0.29) is 0 Å². The molecule has 6 nitrogen and oxygen atoms in total. The van der Waals surface area contributed by atoms with Gasteiger partial charge in [-0.1, -0.05) is 53.2 Å². The first kappa shape index (κ1) is 20.6. The Balaban J connectivity index is 2.45. The summed E-state index contributed by atoms with van der Waals surface area (Å²) in [7, 11) is 4.86. The summed E-state index contributed by atoms with van der Waals surface area (Å²) in [6, 6.07) is 14.6. The summed E-state index contributed by atoms with van der Waals surface area (Å²) in [5.74, 6) is 0.537. The first-order valence-electron chi connectivity index (χ1n) is 8.35. The summed E-state index contributed by atoms with van der Waals surface area (Å²) in [5.41, 5.74) is 3.33. The SMILES string of the molecule is CN=C(NC)/C(=N/OC)c1ccccc1C(O)/N=C(\C)c1ccc(Cl)cc1. The Morgan fingerprint density at radius 2 is 1.81 bits per heavy atom. The van der Waals surface area contributed by atoms with Crippen molar-refractivity contribution < 1.29 is 9.94 Å². The van der Waals surface area contributed by atoms with Gasteiger partial charge in [-0.2, -0.15) is 0 Å². The predicted molar refractivity (Wildman–Crippen MR) is 111 cm³/mol. The highest BCUT2D eigenvalue weighted by Crippen LogP contribution is 2.22. The molecule has 142 valence electrons. The van der Waals surface area contributed by atoms with Crippen molar-refractivity contribution in [2.24, 2.45) is 15.1 Å². The quantitative estimate of drug-likeness (QED) is 0.453. The Morgan fingerprint density at radius 1 is 1.15 bits per heavy atom. The number of aliphatic hydroxyl groups is 1. The van der Waals surface area contributed by atoms with Crippen LogP contribution in [-0.2, 0) is 4.84 Å². The summed E-state index contributed by atoms with van der Waals surface area (Å²) in [4.78, 5) is 13.6. The highest BCUT2D eigenvalue weighted by Gasteiger charge is 2.19. The van der Waals surface area contributed by atoms with Gasteiger partial charge < -0.3 is 15.3 Å². The maximum absolute atomic E-state index is 10.8. The van der Waals surface area contributed by atoms with Crippen LogP contribution in [0.15, 0.2) is 63.7 Å². The number of hydrogen-bond acceptors (Lipinski definition) is 5. The number of oxime groups is 1. The number of nitrogens with one attached hydrogen (secondary N) is 1. The lowest BCUT2D eigenvalue weighted by molar-refractivity contribution is 0.188. The van der Waals surface area contributed by atoms with Crippen molar-refractivity contribution in [3.05, 3.63) is 70.2 Å². The number of halogens is 1. The summed E-state index contributed by atoms with van der Waals surface area (Å²) in [6.07, 6.45) is -1.08. The molecule has 2 N–H and O–H groups in total. The third kappa shape index (κ3) is 5.15. The zero-order chi connectivity index (χ0) is 19.8. The molecule has 0 spiro atoms. The van der Waals surface area contributed by atoms with Crippen LogP contribution in [0.25, 0.3) is 0 Å². The number of hydrogen-bond donors (Lipinski definition) is 2. The molecule has 0 radical (unpaired) electrons. The van der Waals surface area contributed by atoms with Crippen molar-refractivity contribution in [3.63, 3.8) is 0 Å². The minimum atomic E-state index is -1.08. The van der Waals surface area contributed by atoms with E-state index in [1.165, 1.54) is 7.11 Å². The zero-order valence-electron chi connectivity index (χ0n) is 15.8. The van der Waals surface area contributed by atoms with Crippen LogP contribution in [0.3, 0.4) is 0 Å². The summed E-state index contributed by atoms with van der Waals surface area (Å²) in [6.45, 7) is 1.84. The molecule has 0 heterocycles. The fourth-order valence-electron chi connectivity index (χ4n) is 2.60. The van der Waals surface area contributed by atoms with Gasteiger partial charge in [-0.05, 0) is 24.6 Å². The molecule has 0 bridgehead atoms. The fourth-order valence-corrected chi connectivity index (χ4v) is 2.73. The first-order chi connectivity index (χ1) is 13.0. The second-order valence-corrected chi connectivity index (χ2v) is 6.06. The van der Waals surface area contributed by atoms with E-state index in [2.05, 4.69) is 20.5 Å². The molecule has 27 heavy (non-hydrogen) atoms. The van der Waals surface area contributed by atoms with Crippen molar-refractivity contribution in [2.75, 3.05) is 21.2 Å². The molecule has 0 fully saturated rings. The standard InChI is InChI=1S/C20H23ClN4O2/c1-13(14-9-11-15(21)12-10-14)24-20(26)17-8-6-5-7-16(17)18(25-27-4)19(22-2)23-3/h5-12,20,26H,1-4H3,(H,22,23)/b24-13+,25-18+. The molecule has 0 aliphatic carbocycles. The number of aliphatic hydroxyl groups excluding tert-OH is 1. The van der Waals surface area contributed by atoms with Gasteiger partial charge in [0.1, 0.15) is 7.11 Å². The van der Waals surface area contributed by atoms with E-state index in [0.717, 1.165) is 5.56 Å². The van der Waals surface area contributed by atoms with Gasteiger partial charge in [-0.25, -0.2) is 0 Å². The van der Waals surface area contributed by atoms with Crippen molar-refractivity contribution in [1.82, 2.24) is 5.32 Å². The third-order valence-electron chi connectivity index (χ3n) is 3.94. The molecule has 1 unspecified atom stereocenters. The Morgan fingerprint density at radius 3 is 2.41 bits per heavy atom. The lowest BCUT2D eigenvalue weighted by Gasteiger charge is -2.16. The average molecular weight is 387 g/mol. The topological polar surface area (TPSA) is 78.6 Å². The second-order valence-electron chi connectivity index (χ2n) is 5.63. The smallest absolute Gasteiger partial charge is 0.172 e. The number of rotatable bonds is 6. The maximum Gasteiger partial charge on any atom is 0.172 e. The molecule has 2 rings (SSSR count). The van der Waals surface area contributed by atoms with Crippen molar-refractivity contribution in [3.8, 4) is 0 Å². The first-order valence-corrected chi connectivity index (χ1v) is 8.73. The Bertz CT molecular complexity index is 861. The third-order valence-corrected chi connectivity index (χ3v) is 4.19. The summed E-state index contributed by atoms with van der Waals surface area (Å²) >= 11 is 5.93. The number of aliphatic imine (C=N–C) groups is 2. The van der Waals surface area contributed by atoms with Gasteiger partial charge in [-0.3, -0.25) is 9.98 Å². The van der Waals surface area contributed by atoms with E-state index in [0.29, 0.717) is 33.4 Å². The zero-order valence-corrected chi connectivity index (χ0v) is 16.5. The van der Waals surface area contributed by atoms with Gasteiger partial charge in [0.15, 0.2) is 17.8 Å². The molecule has 0 saturated heterocycles. The number of nitrogens with zero attached hydrogens (tertiary/aromatic N) is 3. The van der Waals surface area contributed by atoms with Crippen molar-refractivity contribution >= 4 is 28.9 Å². The monoisotopic (exact) mass is 386 g/mol. The minimum Gasteiger partial charge on any atom is -0.399 e. The molecule has 7 heteroatoms. The Kier molecular flexibility index (Phi) is 7.52. The fraction of sp³-hybridized carbons (Fsp3) is 0.250. The largest absolute Gasteiger partial charge is 0.399 e. The molecular weight excluding hydrogens is 364 g/mol. The number of benzene rings is 2. The maximum atomic E-state index is 10.8. The predicted octanol–water partition coefficient (Wildman–Crippen LogP) is 3.44. The van der Waals surface area contributed by atoms with Crippen LogP contribution in [-0.4, -0.2) is 43.6 Å². The van der Waals surface area contributed by atoms with E-state index < -0.39 is 6.23 Å². The molecule has 2 aromatic rings. The molecule has 2 aromatic carbocycles. The molecule has 1 atom stereocenters. The van der Waals surface area contributed by atoms with Crippen molar-refractivity contribution in [1.29, 1.82) is 0 Å². The van der Waals surface area contributed by atoms with E-state index in [4.69, 9.17) is 16.4 Å². The van der Waals surface area contributed by atoms with Gasteiger partial charge in [0.2, 0.25) is 0 Å². The van der Waals surface area contributed by atoms with Gasteiger partial charge in [0.05, 0.1) is 0 Å². The molecule has 0 saturated carbocycles. The van der Waals surface area contributed by atoms with Gasteiger partial charge in [0, 0.05) is 36.0 Å². The van der Waals surface area contributed by atoms with E-state index in [1.54, 1.807) is 32.3 Å². The lowest BCUT2D eigenvalue weighted by Crippen LogP contribution is -2.30. The van der Waals surface area contributed by atoms with Gasteiger partial charge in [-0.15, -0.1) is 0 Å². The van der Waals surface area contributed by atoms with Crippen LogP contribution < -0.4 is 5.32 Å². The van der Waals surface area contributed by atoms with Crippen LogP contribution in [0.1, 0.15) is 29.8 Å². The second kappa shape index (κ2) is 9.85. The Hall–Kier alpha value is -2.70. The number of likely N-dealkylation sites (N-methyl/N-ethyl adjacent to an activating group) is 1. The lowest BCUT2D eigenvalue weighted by atomic mass is 10.0. The van der Waals surface area contributed by atoms with Gasteiger partial charge in [0.25, 0.3) is 0 Å². The molecule has 0 aliphatic heterocycles. The highest BCUT2D eigenvalue weighted by molar-refractivity contribution is 6.47. The van der Waals surface area contributed by atoms with Crippen LogP contribution in [0.2, 0.25) is 5.02 Å². The Labute approximate surface area is 164 Å². The van der Waals surface area contributed by atoms with Gasteiger partial charge >= 0.3 is 0 Å². The van der Waals surface area contributed by atoms with Crippen LogP contribution >= 0.6 is 11.6 Å². The molecule has 0 amide bonds. The normalized spacial score (nSPS) is 14.1. The molecule has 0 aromatic heterocycles. The van der Waals surface area contributed by atoms with E-state index >= 15 is 0 Å². The minimum absolute atomic E-state index is 0.483. The van der Waals surface area contributed by atoms with Crippen LogP contribution in [0.5, 0.6) is 0 Å². The summed E-state index contributed by atoms with van der Waals surface area (Å²) in [5, 5.41) is 18.5. The van der Waals surface area contributed by atoms with Crippen LogP contribution in [0, 0.1) is 0 Å². The van der Waals surface area contributed by atoms with Crippen molar-refractivity contribution in [2.45, 2.75) is 13.2 Å². The average Bonchev–Trinajstić information content (AvgIpc) is 2.68.